The van der Waals surface area contributed by atoms with Gasteiger partial charge in [0.05, 0.1) is 24.4 Å². The molecule has 0 aromatic heterocycles. The predicted molar refractivity (Wildman–Crippen MR) is 136 cm³/mol. The largest absolute Gasteiger partial charge is 0.396 e. The molecule has 0 aromatic rings. The van der Waals surface area contributed by atoms with Crippen LogP contribution in [-0.4, -0.2) is 84.3 Å². The molecular formula is C26H45N3O7. The number of rotatable bonds is 20. The molecule has 206 valence electrons. The second-order valence-electron chi connectivity index (χ2n) is 10.2. The van der Waals surface area contributed by atoms with Crippen LogP contribution in [0.1, 0.15) is 79.1 Å². The maximum absolute atomic E-state index is 12.0. The van der Waals surface area contributed by atoms with E-state index in [2.05, 4.69) is 10.6 Å². The first-order chi connectivity index (χ1) is 17.0. The van der Waals surface area contributed by atoms with E-state index in [1.165, 1.54) is 12.2 Å². The summed E-state index contributed by atoms with van der Waals surface area (Å²) in [5, 5.41) is 14.5. The fourth-order valence-electron chi connectivity index (χ4n) is 3.56. The number of amides is 4. The SMILES string of the molecule is CC(C)(CCNC(=O)CCN1C(=O)C=CC1=O)OCCOC(C)(C)CCC(=O)NCCCCCCO. The van der Waals surface area contributed by atoms with Gasteiger partial charge in [0.25, 0.3) is 11.8 Å². The molecule has 0 saturated carbocycles. The molecule has 0 aromatic carbocycles. The summed E-state index contributed by atoms with van der Waals surface area (Å²) in [7, 11) is 0. The predicted octanol–water partition coefficient (Wildman–Crippen LogP) is 1.85. The van der Waals surface area contributed by atoms with Crippen LogP contribution in [0.25, 0.3) is 0 Å². The molecule has 10 nitrogen and oxygen atoms in total. The van der Waals surface area contributed by atoms with Crippen molar-refractivity contribution in [2.45, 2.75) is 90.3 Å². The number of carbonyl (C=O) groups is 4. The maximum Gasteiger partial charge on any atom is 0.253 e. The van der Waals surface area contributed by atoms with Gasteiger partial charge in [0.2, 0.25) is 11.8 Å². The summed E-state index contributed by atoms with van der Waals surface area (Å²) in [6.45, 7) is 9.91. The van der Waals surface area contributed by atoms with Gasteiger partial charge < -0.3 is 25.2 Å². The van der Waals surface area contributed by atoms with E-state index >= 15 is 0 Å². The first-order valence-electron chi connectivity index (χ1n) is 12.9. The van der Waals surface area contributed by atoms with Crippen LogP contribution < -0.4 is 10.6 Å². The minimum atomic E-state index is -0.470. The molecule has 0 saturated heterocycles. The number of imide groups is 1. The Hall–Kier alpha value is -2.30. The third-order valence-corrected chi connectivity index (χ3v) is 5.94. The molecule has 0 fully saturated rings. The Kier molecular flexibility index (Phi) is 14.5. The van der Waals surface area contributed by atoms with Crippen molar-refractivity contribution in [3.8, 4) is 0 Å². The van der Waals surface area contributed by atoms with E-state index in [9.17, 15) is 19.2 Å². The summed E-state index contributed by atoms with van der Waals surface area (Å²) < 4.78 is 11.8. The van der Waals surface area contributed by atoms with Crippen molar-refractivity contribution in [2.24, 2.45) is 0 Å². The molecule has 10 heteroatoms. The molecule has 1 aliphatic heterocycles. The van der Waals surface area contributed by atoms with Crippen LogP contribution in [0.15, 0.2) is 12.2 Å². The van der Waals surface area contributed by atoms with Gasteiger partial charge in [0.1, 0.15) is 0 Å². The first-order valence-corrected chi connectivity index (χ1v) is 12.9. The average molecular weight is 512 g/mol. The van der Waals surface area contributed by atoms with Crippen LogP contribution in [0.5, 0.6) is 0 Å². The van der Waals surface area contributed by atoms with Crippen LogP contribution in [0.2, 0.25) is 0 Å². The molecule has 0 aliphatic carbocycles. The van der Waals surface area contributed by atoms with E-state index in [4.69, 9.17) is 14.6 Å². The Balaban J connectivity index is 2.12. The number of nitrogens with zero attached hydrogens (tertiary/aromatic N) is 1. The summed E-state index contributed by atoms with van der Waals surface area (Å²) in [5.74, 6) is -0.993. The molecule has 0 bridgehead atoms. The van der Waals surface area contributed by atoms with Crippen molar-refractivity contribution in [2.75, 3.05) is 39.5 Å². The number of aliphatic hydroxyl groups excluding tert-OH is 1. The van der Waals surface area contributed by atoms with Gasteiger partial charge in [-0.2, -0.15) is 0 Å². The van der Waals surface area contributed by atoms with E-state index < -0.39 is 23.0 Å². The zero-order valence-corrected chi connectivity index (χ0v) is 22.4. The van der Waals surface area contributed by atoms with Crippen molar-refractivity contribution in [1.82, 2.24) is 15.5 Å². The topological polar surface area (TPSA) is 134 Å². The van der Waals surface area contributed by atoms with E-state index in [-0.39, 0.29) is 31.4 Å². The van der Waals surface area contributed by atoms with Crippen molar-refractivity contribution in [3.05, 3.63) is 12.2 Å². The molecule has 36 heavy (non-hydrogen) atoms. The normalized spacial score (nSPS) is 14.0. The summed E-state index contributed by atoms with van der Waals surface area (Å²) in [5.41, 5.74) is -0.920. The molecule has 1 aliphatic rings. The quantitative estimate of drug-likeness (QED) is 0.168. The number of aliphatic hydroxyl groups is 1. The highest BCUT2D eigenvalue weighted by Gasteiger charge is 2.24. The molecule has 1 rings (SSSR count). The third kappa shape index (κ3) is 14.3. The zero-order chi connectivity index (χ0) is 27.0. The minimum absolute atomic E-state index is 0.0172. The fourth-order valence-corrected chi connectivity index (χ4v) is 3.56. The number of ether oxygens (including phenoxy) is 2. The lowest BCUT2D eigenvalue weighted by molar-refractivity contribution is -0.137. The number of hydrogen-bond acceptors (Lipinski definition) is 7. The van der Waals surface area contributed by atoms with Crippen LogP contribution >= 0.6 is 0 Å². The lowest BCUT2D eigenvalue weighted by Crippen LogP contribution is -2.37. The molecule has 0 unspecified atom stereocenters. The van der Waals surface area contributed by atoms with Crippen molar-refractivity contribution in [1.29, 1.82) is 0 Å². The van der Waals surface area contributed by atoms with Gasteiger partial charge in [-0.05, 0) is 53.4 Å². The molecule has 3 N–H and O–H groups in total. The Labute approximate surface area is 215 Å². The molecule has 1 heterocycles. The molecule has 0 radical (unpaired) electrons. The van der Waals surface area contributed by atoms with Gasteiger partial charge in [-0.1, -0.05) is 12.8 Å². The lowest BCUT2D eigenvalue weighted by atomic mass is 10.0. The minimum Gasteiger partial charge on any atom is -0.396 e. The standard InChI is InChI=1S/C26H45N3O7/c1-25(2,13-11-21(31)27-15-7-5-6-8-18-30)35-19-20-36-26(3,4)14-16-28-22(32)12-17-29-23(33)9-10-24(29)34/h9-10,30H,5-8,11-20H2,1-4H3,(H,27,31)(H,28,32). The van der Waals surface area contributed by atoms with Crippen molar-refractivity contribution >= 4 is 23.6 Å². The van der Waals surface area contributed by atoms with E-state index in [1.807, 2.05) is 27.7 Å². The second-order valence-corrected chi connectivity index (χ2v) is 10.2. The second kappa shape index (κ2) is 16.4. The van der Waals surface area contributed by atoms with Gasteiger partial charge in [0.15, 0.2) is 0 Å². The highest BCUT2D eigenvalue weighted by molar-refractivity contribution is 6.13. The summed E-state index contributed by atoms with van der Waals surface area (Å²) in [4.78, 5) is 48.1. The van der Waals surface area contributed by atoms with Gasteiger partial charge >= 0.3 is 0 Å². The number of nitrogens with one attached hydrogen (secondary N) is 2. The summed E-state index contributed by atoms with van der Waals surface area (Å²) >= 11 is 0. The fraction of sp³-hybridized carbons (Fsp3) is 0.769. The Morgan fingerprint density at radius 2 is 1.33 bits per heavy atom. The highest BCUT2D eigenvalue weighted by atomic mass is 16.5. The van der Waals surface area contributed by atoms with Gasteiger partial charge in [-0.3, -0.25) is 24.1 Å². The van der Waals surface area contributed by atoms with Gasteiger partial charge in [-0.25, -0.2) is 0 Å². The average Bonchev–Trinajstić information content (AvgIpc) is 3.13. The van der Waals surface area contributed by atoms with E-state index in [0.717, 1.165) is 30.6 Å². The Morgan fingerprint density at radius 3 is 1.94 bits per heavy atom. The maximum atomic E-state index is 12.0. The molecule has 4 amide bonds. The summed E-state index contributed by atoms with van der Waals surface area (Å²) in [6.07, 6.45) is 7.75. The number of carbonyl (C=O) groups excluding carboxylic acids is 4. The molecule has 0 atom stereocenters. The summed E-state index contributed by atoms with van der Waals surface area (Å²) in [6, 6.07) is 0. The molecule has 0 spiro atoms. The lowest BCUT2D eigenvalue weighted by Gasteiger charge is -2.28. The van der Waals surface area contributed by atoms with Gasteiger partial charge in [0, 0.05) is 51.2 Å². The van der Waals surface area contributed by atoms with Crippen LogP contribution in [0, 0.1) is 0 Å². The number of hydrogen-bond donors (Lipinski definition) is 3. The van der Waals surface area contributed by atoms with Crippen LogP contribution in [0.3, 0.4) is 0 Å². The monoisotopic (exact) mass is 511 g/mol. The zero-order valence-electron chi connectivity index (χ0n) is 22.4. The van der Waals surface area contributed by atoms with Crippen LogP contribution in [0.4, 0.5) is 0 Å². The van der Waals surface area contributed by atoms with E-state index in [1.54, 1.807) is 0 Å². The highest BCUT2D eigenvalue weighted by Crippen LogP contribution is 2.18. The first kappa shape index (κ1) is 31.7. The third-order valence-electron chi connectivity index (χ3n) is 5.94. The Bertz CT molecular complexity index is 732. The van der Waals surface area contributed by atoms with E-state index in [0.29, 0.717) is 45.6 Å². The van der Waals surface area contributed by atoms with Crippen molar-refractivity contribution < 1.29 is 33.8 Å². The number of unbranched alkanes of at least 4 members (excludes halogenated alkanes) is 3. The van der Waals surface area contributed by atoms with Crippen molar-refractivity contribution in [3.63, 3.8) is 0 Å². The smallest absolute Gasteiger partial charge is 0.253 e. The molecular weight excluding hydrogens is 466 g/mol. The Morgan fingerprint density at radius 1 is 0.806 bits per heavy atom. The van der Waals surface area contributed by atoms with Gasteiger partial charge in [-0.15, -0.1) is 0 Å². The van der Waals surface area contributed by atoms with Crippen LogP contribution in [-0.2, 0) is 28.7 Å².